The molecule has 0 spiro atoms. The molecule has 1 fully saturated rings. The van der Waals surface area contributed by atoms with E-state index in [0.29, 0.717) is 5.02 Å². The van der Waals surface area contributed by atoms with Crippen LogP contribution < -0.4 is 10.6 Å². The van der Waals surface area contributed by atoms with Crippen molar-refractivity contribution in [2.45, 2.75) is 6.42 Å². The number of nitrogens with one attached hydrogen (secondary N) is 2. The van der Waals surface area contributed by atoms with Gasteiger partial charge in [-0.3, -0.25) is 9.69 Å². The van der Waals surface area contributed by atoms with Crippen LogP contribution in [-0.4, -0.2) is 43.5 Å². The molecule has 0 aliphatic carbocycles. The number of anilines is 1. The number of hydrogen-bond acceptors (Lipinski definition) is 3. The number of amides is 1. The van der Waals surface area contributed by atoms with Gasteiger partial charge in [0.25, 0.3) is 0 Å². The molecule has 112 valence electrons. The molecule has 0 bridgehead atoms. The monoisotopic (exact) mass is 321 g/mol. The Kier molecular flexibility index (Phi) is 7.23. The van der Waals surface area contributed by atoms with E-state index in [-0.39, 0.29) is 30.5 Å². The highest BCUT2D eigenvalue weighted by Gasteiger charge is 2.14. The van der Waals surface area contributed by atoms with E-state index in [1.165, 1.54) is 18.2 Å². The molecule has 0 aromatic heterocycles. The summed E-state index contributed by atoms with van der Waals surface area (Å²) in [5, 5.41) is 6.22. The molecule has 20 heavy (non-hydrogen) atoms. The van der Waals surface area contributed by atoms with E-state index in [2.05, 4.69) is 15.5 Å². The van der Waals surface area contributed by atoms with Gasteiger partial charge in [-0.05, 0) is 37.7 Å². The zero-order chi connectivity index (χ0) is 13.7. The Labute approximate surface area is 129 Å². The number of nitrogens with zero attached hydrogens (tertiary/aromatic N) is 1. The van der Waals surface area contributed by atoms with E-state index in [1.54, 1.807) is 0 Å². The van der Waals surface area contributed by atoms with Gasteiger partial charge in [-0.2, -0.15) is 0 Å². The lowest BCUT2D eigenvalue weighted by molar-refractivity contribution is -0.117. The van der Waals surface area contributed by atoms with Gasteiger partial charge in [-0.15, -0.1) is 12.4 Å². The summed E-state index contributed by atoms with van der Waals surface area (Å²) in [7, 11) is 0. The molecule has 0 saturated carbocycles. The molecule has 1 aromatic rings. The van der Waals surface area contributed by atoms with Crippen molar-refractivity contribution in [2.75, 3.05) is 38.0 Å². The van der Waals surface area contributed by atoms with Crippen LogP contribution in [0.3, 0.4) is 0 Å². The van der Waals surface area contributed by atoms with E-state index in [9.17, 15) is 9.18 Å². The Morgan fingerprint density at radius 1 is 1.40 bits per heavy atom. The molecular weight excluding hydrogens is 304 g/mol. The average molecular weight is 322 g/mol. The minimum atomic E-state index is -0.477. The van der Waals surface area contributed by atoms with E-state index in [1.807, 2.05) is 0 Å². The first-order valence-corrected chi connectivity index (χ1v) is 6.71. The first kappa shape index (κ1) is 17.2. The topological polar surface area (TPSA) is 44.4 Å². The molecule has 0 unspecified atom stereocenters. The molecule has 7 heteroatoms. The Balaban J connectivity index is 0.00000200. The second kappa shape index (κ2) is 8.42. The lowest BCUT2D eigenvalue weighted by atomic mass is 10.3. The van der Waals surface area contributed by atoms with Crippen LogP contribution >= 0.6 is 24.0 Å². The molecule has 1 aliphatic heterocycles. The summed E-state index contributed by atoms with van der Waals surface area (Å²) < 4.78 is 13.5. The summed E-state index contributed by atoms with van der Waals surface area (Å²) >= 11 is 5.78. The minimum Gasteiger partial charge on any atom is -0.322 e. The maximum absolute atomic E-state index is 13.5. The molecule has 1 amide bonds. The fourth-order valence-electron chi connectivity index (χ4n) is 2.05. The molecule has 4 nitrogen and oxygen atoms in total. The van der Waals surface area contributed by atoms with E-state index < -0.39 is 5.82 Å². The number of carbonyl (C=O) groups excluding carboxylic acids is 1. The van der Waals surface area contributed by atoms with Gasteiger partial charge in [-0.1, -0.05) is 11.6 Å². The van der Waals surface area contributed by atoms with Crippen molar-refractivity contribution >= 4 is 35.6 Å². The second-order valence-electron chi connectivity index (χ2n) is 4.55. The van der Waals surface area contributed by atoms with Gasteiger partial charge in [0, 0.05) is 18.1 Å². The number of benzene rings is 1. The van der Waals surface area contributed by atoms with Crippen molar-refractivity contribution in [3.05, 3.63) is 29.0 Å². The second-order valence-corrected chi connectivity index (χ2v) is 4.99. The van der Waals surface area contributed by atoms with Crippen molar-refractivity contribution < 1.29 is 9.18 Å². The summed E-state index contributed by atoms with van der Waals surface area (Å²) in [6.45, 7) is 3.82. The quantitative estimate of drug-likeness (QED) is 0.896. The van der Waals surface area contributed by atoms with Crippen LogP contribution in [0.4, 0.5) is 10.1 Å². The summed E-state index contributed by atoms with van der Waals surface area (Å²) in [5.41, 5.74) is 0.130. The van der Waals surface area contributed by atoms with Gasteiger partial charge in [-0.25, -0.2) is 4.39 Å². The average Bonchev–Trinajstić information content (AvgIpc) is 2.62. The predicted octanol–water partition coefficient (Wildman–Crippen LogP) is 2.13. The molecule has 1 aliphatic rings. The zero-order valence-corrected chi connectivity index (χ0v) is 12.6. The van der Waals surface area contributed by atoms with Crippen LogP contribution in [0.5, 0.6) is 0 Å². The summed E-state index contributed by atoms with van der Waals surface area (Å²) in [6.07, 6.45) is 1.01. The predicted molar refractivity (Wildman–Crippen MR) is 81.2 cm³/mol. The molecule has 2 N–H and O–H groups in total. The summed E-state index contributed by atoms with van der Waals surface area (Å²) in [6, 6.07) is 4.11. The third-order valence-corrected chi connectivity index (χ3v) is 3.24. The number of hydrogen-bond donors (Lipinski definition) is 2. The van der Waals surface area contributed by atoms with Crippen LogP contribution in [-0.2, 0) is 4.79 Å². The van der Waals surface area contributed by atoms with E-state index in [4.69, 9.17) is 11.6 Å². The number of halogens is 3. The van der Waals surface area contributed by atoms with Crippen LogP contribution in [0.1, 0.15) is 6.42 Å². The van der Waals surface area contributed by atoms with Gasteiger partial charge in [0.2, 0.25) is 5.91 Å². The Morgan fingerprint density at radius 3 is 3.00 bits per heavy atom. The van der Waals surface area contributed by atoms with Gasteiger partial charge >= 0.3 is 0 Å². The molecule has 1 saturated heterocycles. The minimum absolute atomic E-state index is 0. The Hall–Kier alpha value is -0.880. The normalized spacial score (nSPS) is 16.1. The fraction of sp³-hybridized carbons (Fsp3) is 0.462. The smallest absolute Gasteiger partial charge is 0.238 e. The highest BCUT2D eigenvalue weighted by Crippen LogP contribution is 2.19. The molecule has 2 rings (SSSR count). The van der Waals surface area contributed by atoms with Crippen molar-refractivity contribution in [3.8, 4) is 0 Å². The molecule has 1 aromatic carbocycles. The third kappa shape index (κ3) is 5.25. The van der Waals surface area contributed by atoms with Gasteiger partial charge in [0.05, 0.1) is 12.2 Å². The number of rotatable bonds is 3. The zero-order valence-electron chi connectivity index (χ0n) is 11.0. The van der Waals surface area contributed by atoms with Crippen molar-refractivity contribution in [1.82, 2.24) is 10.2 Å². The van der Waals surface area contributed by atoms with Crippen LogP contribution in [0.15, 0.2) is 18.2 Å². The van der Waals surface area contributed by atoms with Crippen molar-refractivity contribution in [2.24, 2.45) is 0 Å². The highest BCUT2D eigenvalue weighted by molar-refractivity contribution is 6.30. The molecular formula is C13H18Cl2FN3O. The van der Waals surface area contributed by atoms with Crippen molar-refractivity contribution in [3.63, 3.8) is 0 Å². The van der Waals surface area contributed by atoms with E-state index >= 15 is 0 Å². The standard InChI is InChI=1S/C13H17ClFN3O.ClH/c14-10-2-3-11(15)12(8-10)17-13(19)9-18-6-1-4-16-5-7-18;/h2-3,8,16H,1,4-7,9H2,(H,17,19);1H. The van der Waals surface area contributed by atoms with Crippen LogP contribution in [0.2, 0.25) is 5.02 Å². The lowest BCUT2D eigenvalue weighted by Crippen LogP contribution is -2.35. The summed E-state index contributed by atoms with van der Waals surface area (Å²) in [5.74, 6) is -0.696. The molecule has 1 heterocycles. The first-order valence-electron chi connectivity index (χ1n) is 6.33. The maximum Gasteiger partial charge on any atom is 0.238 e. The number of carbonyl (C=O) groups is 1. The molecule has 0 radical (unpaired) electrons. The van der Waals surface area contributed by atoms with Gasteiger partial charge in [0.1, 0.15) is 5.82 Å². The highest BCUT2D eigenvalue weighted by atomic mass is 35.5. The third-order valence-electron chi connectivity index (χ3n) is 3.00. The fourth-order valence-corrected chi connectivity index (χ4v) is 2.22. The maximum atomic E-state index is 13.5. The summed E-state index contributed by atoms with van der Waals surface area (Å²) in [4.78, 5) is 13.9. The van der Waals surface area contributed by atoms with Gasteiger partial charge in [0.15, 0.2) is 0 Å². The van der Waals surface area contributed by atoms with Crippen LogP contribution in [0, 0.1) is 5.82 Å². The Morgan fingerprint density at radius 2 is 2.20 bits per heavy atom. The van der Waals surface area contributed by atoms with Crippen molar-refractivity contribution in [1.29, 1.82) is 0 Å². The van der Waals surface area contributed by atoms with Crippen LogP contribution in [0.25, 0.3) is 0 Å². The molecule has 0 atom stereocenters. The SMILES string of the molecule is Cl.O=C(CN1CCCNCC1)Nc1cc(Cl)ccc1F. The lowest BCUT2D eigenvalue weighted by Gasteiger charge is -2.18. The Bertz CT molecular complexity index is 451. The van der Waals surface area contributed by atoms with E-state index in [0.717, 1.165) is 32.6 Å². The largest absolute Gasteiger partial charge is 0.322 e. The first-order chi connectivity index (χ1) is 9.15. The van der Waals surface area contributed by atoms with Gasteiger partial charge < -0.3 is 10.6 Å².